The van der Waals surface area contributed by atoms with Crippen LogP contribution in [0.25, 0.3) is 0 Å². The minimum Gasteiger partial charge on any atom is -0.480 e. The Balaban J connectivity index is 2.59. The van der Waals surface area contributed by atoms with Crippen molar-refractivity contribution in [2.75, 3.05) is 18.5 Å². The van der Waals surface area contributed by atoms with Crippen molar-refractivity contribution in [3.8, 4) is 0 Å². The molecular weight excluding hydrogens is 281 g/mol. The van der Waals surface area contributed by atoms with Gasteiger partial charge >= 0.3 is 5.97 Å². The Hall–Kier alpha value is -1.30. The Morgan fingerprint density at radius 1 is 1.28 bits per heavy atom. The second kappa shape index (κ2) is 6.58. The van der Waals surface area contributed by atoms with E-state index in [1.807, 2.05) is 0 Å². The maximum atomic E-state index is 11.4. The molecule has 0 aliphatic rings. The molecule has 0 fully saturated rings. The highest BCUT2D eigenvalue weighted by Gasteiger charge is 2.09. The van der Waals surface area contributed by atoms with Crippen LogP contribution in [0.2, 0.25) is 10.0 Å². The number of carbonyl (C=O) groups is 2. The molecule has 0 spiro atoms. The van der Waals surface area contributed by atoms with Crippen LogP contribution in [0.1, 0.15) is 5.56 Å². The number of carboxylic acids is 1. The number of rotatable bonds is 5. The Morgan fingerprint density at radius 2 is 1.94 bits per heavy atom. The van der Waals surface area contributed by atoms with Crippen molar-refractivity contribution >= 4 is 40.8 Å². The van der Waals surface area contributed by atoms with Crippen LogP contribution in [-0.4, -0.2) is 30.2 Å². The third kappa shape index (κ3) is 4.52. The molecule has 0 atom stereocenters. The average Bonchev–Trinajstić information content (AvgIpc) is 2.25. The van der Waals surface area contributed by atoms with Gasteiger partial charge in [0.15, 0.2) is 0 Å². The summed E-state index contributed by atoms with van der Waals surface area (Å²) in [6.45, 7) is 0.889. The lowest BCUT2D eigenvalue weighted by molar-refractivity contribution is -0.143. The summed E-state index contributed by atoms with van der Waals surface area (Å²) in [5, 5.41) is 11.6. The molecule has 0 radical (unpaired) electrons. The standard InChI is InChI=1S/C11H11Cl2NO4/c1-6-2-8(13)9(3-7(6)12)14-10(15)4-18-5-11(16)17/h2-3H,4-5H2,1H3,(H,14,15)(H,16,17). The van der Waals surface area contributed by atoms with Crippen LogP contribution >= 0.6 is 23.2 Å². The molecule has 0 aliphatic heterocycles. The molecule has 98 valence electrons. The summed E-state index contributed by atoms with van der Waals surface area (Å²) < 4.78 is 4.64. The van der Waals surface area contributed by atoms with Gasteiger partial charge in [-0.25, -0.2) is 4.79 Å². The smallest absolute Gasteiger partial charge is 0.329 e. The second-order valence-electron chi connectivity index (χ2n) is 3.52. The van der Waals surface area contributed by atoms with Gasteiger partial charge in [-0.15, -0.1) is 0 Å². The van der Waals surface area contributed by atoms with E-state index in [4.69, 9.17) is 28.3 Å². The van der Waals surface area contributed by atoms with Gasteiger partial charge in [0.25, 0.3) is 0 Å². The van der Waals surface area contributed by atoms with Gasteiger partial charge < -0.3 is 15.2 Å². The van der Waals surface area contributed by atoms with Crippen LogP contribution in [0.4, 0.5) is 5.69 Å². The highest BCUT2D eigenvalue weighted by molar-refractivity contribution is 6.36. The average molecular weight is 292 g/mol. The third-order valence-corrected chi connectivity index (χ3v) is 2.70. The van der Waals surface area contributed by atoms with Crippen LogP contribution in [0.15, 0.2) is 12.1 Å². The lowest BCUT2D eigenvalue weighted by atomic mass is 10.2. The number of aryl methyl sites for hydroxylation is 1. The molecule has 1 rings (SSSR count). The van der Waals surface area contributed by atoms with Gasteiger partial charge in [0.05, 0.1) is 10.7 Å². The number of halogens is 2. The highest BCUT2D eigenvalue weighted by atomic mass is 35.5. The predicted molar refractivity (Wildman–Crippen MR) is 68.3 cm³/mol. The van der Waals surface area contributed by atoms with E-state index >= 15 is 0 Å². The molecule has 1 aromatic carbocycles. The van der Waals surface area contributed by atoms with E-state index in [-0.39, 0.29) is 6.61 Å². The zero-order valence-corrected chi connectivity index (χ0v) is 11.0. The first kappa shape index (κ1) is 14.8. The van der Waals surface area contributed by atoms with Gasteiger partial charge in [0.1, 0.15) is 13.2 Å². The second-order valence-corrected chi connectivity index (χ2v) is 4.33. The van der Waals surface area contributed by atoms with Gasteiger partial charge in [-0.3, -0.25) is 4.79 Å². The van der Waals surface area contributed by atoms with Crippen molar-refractivity contribution < 1.29 is 19.4 Å². The molecule has 7 heteroatoms. The Labute approximate surface area is 114 Å². The summed E-state index contributed by atoms with van der Waals surface area (Å²) in [5.74, 6) is -1.64. The minimum absolute atomic E-state index is 0.350. The maximum absolute atomic E-state index is 11.4. The van der Waals surface area contributed by atoms with E-state index < -0.39 is 18.5 Å². The molecule has 0 saturated heterocycles. The van der Waals surface area contributed by atoms with Crippen LogP contribution in [-0.2, 0) is 14.3 Å². The van der Waals surface area contributed by atoms with Crippen molar-refractivity contribution in [1.29, 1.82) is 0 Å². The summed E-state index contributed by atoms with van der Waals surface area (Å²) >= 11 is 11.8. The predicted octanol–water partition coefficient (Wildman–Crippen LogP) is 2.34. The lowest BCUT2D eigenvalue weighted by Gasteiger charge is -2.09. The SMILES string of the molecule is Cc1cc(Cl)c(NC(=O)COCC(=O)O)cc1Cl. The molecule has 18 heavy (non-hydrogen) atoms. The topological polar surface area (TPSA) is 75.6 Å². The fourth-order valence-corrected chi connectivity index (χ4v) is 1.59. The Morgan fingerprint density at radius 3 is 2.56 bits per heavy atom. The molecule has 0 saturated carbocycles. The molecule has 1 amide bonds. The first-order valence-corrected chi connectivity index (χ1v) is 5.70. The van der Waals surface area contributed by atoms with Gasteiger partial charge in [0.2, 0.25) is 5.91 Å². The Kier molecular flexibility index (Phi) is 5.40. The molecule has 2 N–H and O–H groups in total. The summed E-state index contributed by atoms with van der Waals surface area (Å²) in [6.07, 6.45) is 0. The first-order valence-electron chi connectivity index (χ1n) is 4.95. The summed E-state index contributed by atoms with van der Waals surface area (Å²) in [4.78, 5) is 21.6. The van der Waals surface area contributed by atoms with E-state index in [9.17, 15) is 9.59 Å². The fourth-order valence-electron chi connectivity index (χ4n) is 1.16. The van der Waals surface area contributed by atoms with Crippen molar-refractivity contribution in [2.24, 2.45) is 0 Å². The molecular formula is C11H11Cl2NO4. The fraction of sp³-hybridized carbons (Fsp3) is 0.273. The Bertz CT molecular complexity index is 476. The normalized spacial score (nSPS) is 10.2. The van der Waals surface area contributed by atoms with Crippen LogP contribution < -0.4 is 5.32 Å². The molecule has 0 unspecified atom stereocenters. The molecule has 0 aliphatic carbocycles. The number of benzene rings is 1. The van der Waals surface area contributed by atoms with Gasteiger partial charge in [-0.2, -0.15) is 0 Å². The number of carboxylic acid groups (broad SMARTS) is 1. The number of ether oxygens (including phenoxy) is 1. The number of amides is 1. The van der Waals surface area contributed by atoms with Crippen LogP contribution in [0.3, 0.4) is 0 Å². The minimum atomic E-state index is -1.14. The maximum Gasteiger partial charge on any atom is 0.329 e. The van der Waals surface area contributed by atoms with Gasteiger partial charge in [-0.05, 0) is 24.6 Å². The molecule has 0 heterocycles. The molecule has 0 bridgehead atoms. The van der Waals surface area contributed by atoms with E-state index in [0.29, 0.717) is 15.7 Å². The van der Waals surface area contributed by atoms with Gasteiger partial charge in [-0.1, -0.05) is 23.2 Å². The van der Waals surface area contributed by atoms with Gasteiger partial charge in [0, 0.05) is 5.02 Å². The van der Waals surface area contributed by atoms with Crippen molar-refractivity contribution in [3.05, 3.63) is 27.7 Å². The van der Waals surface area contributed by atoms with E-state index in [2.05, 4.69) is 10.1 Å². The first-order chi connectivity index (χ1) is 8.40. The summed E-state index contributed by atoms with van der Waals surface area (Å²) in [6, 6.07) is 3.14. The summed E-state index contributed by atoms with van der Waals surface area (Å²) in [5.41, 5.74) is 1.15. The lowest BCUT2D eigenvalue weighted by Crippen LogP contribution is -2.20. The number of carbonyl (C=O) groups excluding carboxylic acids is 1. The van der Waals surface area contributed by atoms with Crippen molar-refractivity contribution in [1.82, 2.24) is 0 Å². The van der Waals surface area contributed by atoms with Crippen molar-refractivity contribution in [3.63, 3.8) is 0 Å². The summed E-state index contributed by atoms with van der Waals surface area (Å²) in [7, 11) is 0. The number of aliphatic carboxylic acids is 1. The van der Waals surface area contributed by atoms with Crippen LogP contribution in [0, 0.1) is 6.92 Å². The zero-order valence-electron chi connectivity index (χ0n) is 9.50. The molecule has 1 aromatic rings. The number of nitrogens with one attached hydrogen (secondary N) is 1. The number of hydrogen-bond acceptors (Lipinski definition) is 3. The third-order valence-electron chi connectivity index (χ3n) is 1.98. The highest BCUT2D eigenvalue weighted by Crippen LogP contribution is 2.28. The van der Waals surface area contributed by atoms with E-state index in [1.54, 1.807) is 13.0 Å². The number of anilines is 1. The largest absolute Gasteiger partial charge is 0.480 e. The van der Waals surface area contributed by atoms with E-state index in [0.717, 1.165) is 5.56 Å². The number of hydrogen-bond donors (Lipinski definition) is 2. The molecule has 0 aromatic heterocycles. The van der Waals surface area contributed by atoms with Crippen LogP contribution in [0.5, 0.6) is 0 Å². The van der Waals surface area contributed by atoms with E-state index in [1.165, 1.54) is 6.07 Å². The quantitative estimate of drug-likeness (QED) is 0.873. The molecule has 5 nitrogen and oxygen atoms in total. The zero-order chi connectivity index (χ0) is 13.7. The monoisotopic (exact) mass is 291 g/mol. The van der Waals surface area contributed by atoms with Crippen molar-refractivity contribution in [2.45, 2.75) is 6.92 Å².